The van der Waals surface area contributed by atoms with Crippen molar-refractivity contribution in [3.8, 4) is 0 Å². The van der Waals surface area contributed by atoms with E-state index in [0.717, 1.165) is 12.8 Å². The maximum atomic E-state index is 12.9. The Morgan fingerprint density at radius 2 is 1.67 bits per heavy atom. The summed E-state index contributed by atoms with van der Waals surface area (Å²) in [6.07, 6.45) is 0.850. The largest absolute Gasteiger partial charge is 0.362 e. The van der Waals surface area contributed by atoms with Crippen molar-refractivity contribution >= 4 is 17.3 Å². The Morgan fingerprint density at radius 1 is 1.05 bits per heavy atom. The minimum Gasteiger partial charge on any atom is -0.362 e. The molecule has 2 aliphatic carbocycles. The summed E-state index contributed by atoms with van der Waals surface area (Å²) in [5.74, 6) is -1.19. The van der Waals surface area contributed by atoms with Crippen molar-refractivity contribution in [1.82, 2.24) is 0 Å². The SMILES string of the molecule is CC12OC(C(=O)C13CC3)C1C(=O)c3ccccc3C(=O)C12. The lowest BCUT2D eigenvalue weighted by Crippen LogP contribution is -2.55. The normalized spacial score (nSPS) is 41.4. The van der Waals surface area contributed by atoms with Crippen molar-refractivity contribution in [2.24, 2.45) is 17.3 Å². The Morgan fingerprint density at radius 3 is 2.29 bits per heavy atom. The molecular weight excluding hydrogens is 268 g/mol. The van der Waals surface area contributed by atoms with Crippen LogP contribution < -0.4 is 0 Å². The van der Waals surface area contributed by atoms with E-state index in [9.17, 15) is 14.4 Å². The van der Waals surface area contributed by atoms with Crippen LogP contribution in [0.1, 0.15) is 40.5 Å². The van der Waals surface area contributed by atoms with E-state index >= 15 is 0 Å². The van der Waals surface area contributed by atoms with E-state index in [2.05, 4.69) is 0 Å². The number of ketones is 3. The Kier molecular flexibility index (Phi) is 1.78. The Balaban J connectivity index is 1.76. The molecule has 4 atom stereocenters. The van der Waals surface area contributed by atoms with E-state index in [1.54, 1.807) is 24.3 Å². The van der Waals surface area contributed by atoms with E-state index in [1.165, 1.54) is 0 Å². The third-order valence-electron chi connectivity index (χ3n) is 6.12. The number of Topliss-reactive ketones (excluding diaryl/α,β-unsaturated/α-hetero) is 3. The summed E-state index contributed by atoms with van der Waals surface area (Å²) in [4.78, 5) is 38.3. The molecule has 2 bridgehead atoms. The molecule has 2 aliphatic heterocycles. The van der Waals surface area contributed by atoms with Crippen LogP contribution in [0.4, 0.5) is 0 Å². The zero-order chi connectivity index (χ0) is 14.6. The summed E-state index contributed by atoms with van der Waals surface area (Å²) in [6, 6.07) is 6.92. The summed E-state index contributed by atoms with van der Waals surface area (Å²) in [6.45, 7) is 1.86. The number of hydrogen-bond donors (Lipinski definition) is 0. The molecule has 106 valence electrons. The molecule has 2 saturated heterocycles. The predicted octanol–water partition coefficient (Wildman–Crippen LogP) is 1.82. The second-order valence-electron chi connectivity index (χ2n) is 6.87. The second kappa shape index (κ2) is 3.17. The fourth-order valence-corrected chi connectivity index (χ4v) is 4.90. The standard InChI is InChI=1S/C17H14O4/c1-16-11-10(14(21-16)15(20)17(16)6-7-17)12(18)8-4-2-3-5-9(8)13(11)19/h2-5,10-11,14H,6-7H2,1H3. The van der Waals surface area contributed by atoms with Gasteiger partial charge in [-0.2, -0.15) is 0 Å². The van der Waals surface area contributed by atoms with Crippen LogP contribution >= 0.6 is 0 Å². The fraction of sp³-hybridized carbons (Fsp3) is 0.471. The highest BCUT2D eigenvalue weighted by atomic mass is 16.5. The smallest absolute Gasteiger partial charge is 0.171 e. The van der Waals surface area contributed by atoms with E-state index in [0.29, 0.717) is 11.1 Å². The molecular formula is C17H14O4. The Labute approximate surface area is 121 Å². The highest BCUT2D eigenvalue weighted by molar-refractivity contribution is 6.20. The van der Waals surface area contributed by atoms with Gasteiger partial charge in [-0.05, 0) is 19.8 Å². The molecule has 1 saturated carbocycles. The number of benzene rings is 1. The molecule has 1 spiro atoms. The van der Waals surface area contributed by atoms with Crippen LogP contribution in [0, 0.1) is 17.3 Å². The van der Waals surface area contributed by atoms with Gasteiger partial charge in [-0.3, -0.25) is 14.4 Å². The van der Waals surface area contributed by atoms with Crippen molar-refractivity contribution in [3.63, 3.8) is 0 Å². The van der Waals surface area contributed by atoms with Gasteiger partial charge >= 0.3 is 0 Å². The lowest BCUT2D eigenvalue weighted by atomic mass is 9.58. The third-order valence-corrected chi connectivity index (χ3v) is 6.12. The number of carbonyl (C=O) groups is 3. The Hall–Kier alpha value is -1.81. The fourth-order valence-electron chi connectivity index (χ4n) is 4.90. The number of carbonyl (C=O) groups excluding carboxylic acids is 3. The van der Waals surface area contributed by atoms with Gasteiger partial charge < -0.3 is 4.74 Å². The first-order valence-corrected chi connectivity index (χ1v) is 7.41. The predicted molar refractivity (Wildman–Crippen MR) is 72.0 cm³/mol. The molecule has 1 aromatic rings. The quantitative estimate of drug-likeness (QED) is 0.728. The van der Waals surface area contributed by atoms with Crippen LogP contribution in [0.2, 0.25) is 0 Å². The first-order valence-electron chi connectivity index (χ1n) is 7.41. The summed E-state index contributed by atoms with van der Waals surface area (Å²) in [7, 11) is 0. The summed E-state index contributed by atoms with van der Waals surface area (Å²) in [5.41, 5.74) is -0.355. The van der Waals surface area contributed by atoms with Crippen molar-refractivity contribution < 1.29 is 19.1 Å². The zero-order valence-electron chi connectivity index (χ0n) is 11.6. The average Bonchev–Trinajstić information content (AvgIpc) is 3.19. The highest BCUT2D eigenvalue weighted by Crippen LogP contribution is 2.70. The van der Waals surface area contributed by atoms with E-state index in [-0.39, 0.29) is 17.3 Å². The third kappa shape index (κ3) is 1.03. The summed E-state index contributed by atoms with van der Waals surface area (Å²) >= 11 is 0. The van der Waals surface area contributed by atoms with Gasteiger partial charge in [-0.15, -0.1) is 0 Å². The van der Waals surface area contributed by atoms with Gasteiger partial charge in [0.05, 0.1) is 22.9 Å². The molecule has 4 heteroatoms. The summed E-state index contributed by atoms with van der Waals surface area (Å²) < 4.78 is 5.98. The van der Waals surface area contributed by atoms with Gasteiger partial charge in [0.1, 0.15) is 6.10 Å². The number of fused-ring (bicyclic) bond motifs is 7. The van der Waals surface area contributed by atoms with Crippen molar-refractivity contribution in [2.45, 2.75) is 31.5 Å². The van der Waals surface area contributed by atoms with Crippen LogP contribution in [0.25, 0.3) is 0 Å². The molecule has 0 N–H and O–H groups in total. The minimum absolute atomic E-state index is 0.0287. The molecule has 3 fully saturated rings. The lowest BCUT2D eigenvalue weighted by Gasteiger charge is -2.40. The topological polar surface area (TPSA) is 60.4 Å². The highest BCUT2D eigenvalue weighted by Gasteiger charge is 2.81. The van der Waals surface area contributed by atoms with Gasteiger partial charge in [0.2, 0.25) is 0 Å². The second-order valence-corrected chi connectivity index (χ2v) is 6.87. The molecule has 5 rings (SSSR count). The van der Waals surface area contributed by atoms with Crippen LogP contribution in [-0.4, -0.2) is 29.1 Å². The maximum absolute atomic E-state index is 12.9. The van der Waals surface area contributed by atoms with Gasteiger partial charge in [0.15, 0.2) is 17.3 Å². The monoisotopic (exact) mass is 282 g/mol. The van der Waals surface area contributed by atoms with Crippen molar-refractivity contribution in [3.05, 3.63) is 35.4 Å². The van der Waals surface area contributed by atoms with Crippen LogP contribution in [0.15, 0.2) is 24.3 Å². The molecule has 2 heterocycles. The van der Waals surface area contributed by atoms with Gasteiger partial charge in [-0.1, -0.05) is 24.3 Å². The zero-order valence-corrected chi connectivity index (χ0v) is 11.6. The molecule has 21 heavy (non-hydrogen) atoms. The molecule has 4 aliphatic rings. The lowest BCUT2D eigenvalue weighted by molar-refractivity contribution is -0.127. The maximum Gasteiger partial charge on any atom is 0.171 e. The van der Waals surface area contributed by atoms with E-state index in [4.69, 9.17) is 4.74 Å². The Bertz CT molecular complexity index is 745. The molecule has 4 nitrogen and oxygen atoms in total. The van der Waals surface area contributed by atoms with Crippen LogP contribution in [-0.2, 0) is 9.53 Å². The van der Waals surface area contributed by atoms with Gasteiger partial charge in [0, 0.05) is 11.1 Å². The number of ether oxygens (including phenoxy) is 1. The molecule has 0 amide bonds. The average molecular weight is 282 g/mol. The molecule has 1 aromatic carbocycles. The molecule has 0 radical (unpaired) electrons. The number of rotatable bonds is 0. The first-order chi connectivity index (χ1) is 10.0. The minimum atomic E-state index is -0.792. The van der Waals surface area contributed by atoms with Crippen molar-refractivity contribution in [2.75, 3.05) is 0 Å². The molecule has 4 unspecified atom stereocenters. The van der Waals surface area contributed by atoms with Gasteiger partial charge in [0.25, 0.3) is 0 Å². The summed E-state index contributed by atoms with van der Waals surface area (Å²) in [5, 5.41) is 0. The van der Waals surface area contributed by atoms with Crippen LogP contribution in [0.3, 0.4) is 0 Å². The van der Waals surface area contributed by atoms with Crippen molar-refractivity contribution in [1.29, 1.82) is 0 Å². The van der Waals surface area contributed by atoms with E-state index < -0.39 is 29.0 Å². The van der Waals surface area contributed by atoms with Crippen LogP contribution in [0.5, 0.6) is 0 Å². The van der Waals surface area contributed by atoms with E-state index in [1.807, 2.05) is 6.92 Å². The van der Waals surface area contributed by atoms with Gasteiger partial charge in [-0.25, -0.2) is 0 Å². The molecule has 0 aromatic heterocycles. The first kappa shape index (κ1) is 11.8. The number of hydrogen-bond acceptors (Lipinski definition) is 4.